The first-order valence-electron chi connectivity index (χ1n) is 7.81. The summed E-state index contributed by atoms with van der Waals surface area (Å²) in [5.41, 5.74) is 1.83. The average Bonchev–Trinajstić information content (AvgIpc) is 2.57. The van der Waals surface area contributed by atoms with E-state index in [0.29, 0.717) is 19.0 Å². The molecule has 1 N–H and O–H groups in total. The number of carbonyl (C=O) groups is 1. The molecule has 0 aliphatic rings. The number of pyridine rings is 1. The van der Waals surface area contributed by atoms with Crippen LogP contribution in [-0.2, 0) is 9.53 Å². The minimum atomic E-state index is -0.990. The lowest BCUT2D eigenvalue weighted by Gasteiger charge is -2.17. The van der Waals surface area contributed by atoms with Crippen LogP contribution in [0.5, 0.6) is 5.75 Å². The lowest BCUT2D eigenvalue weighted by atomic mass is 10.2. The summed E-state index contributed by atoms with van der Waals surface area (Å²) in [6, 6.07) is 11.5. The van der Waals surface area contributed by atoms with Gasteiger partial charge < -0.3 is 14.6 Å². The Morgan fingerprint density at radius 2 is 2.16 bits per heavy atom. The van der Waals surface area contributed by atoms with Gasteiger partial charge in [0.25, 0.3) is 0 Å². The molecule has 0 aliphatic carbocycles. The summed E-state index contributed by atoms with van der Waals surface area (Å²) in [6.07, 6.45) is 0. The number of halogens is 1. The Balaban J connectivity index is 2.15. The molecular weight excluding hydrogens is 406 g/mol. The Labute approximate surface area is 159 Å². The molecule has 0 fully saturated rings. The number of aryl methyl sites for hydroxylation is 1. The second-order valence-electron chi connectivity index (χ2n) is 5.26. The summed E-state index contributed by atoms with van der Waals surface area (Å²) < 4.78 is 11.7. The average molecular weight is 426 g/mol. The van der Waals surface area contributed by atoms with Gasteiger partial charge >= 0.3 is 5.97 Å². The number of benzene rings is 1. The first-order valence-corrected chi connectivity index (χ1v) is 9.49. The quantitative estimate of drug-likeness (QED) is 0.471. The van der Waals surface area contributed by atoms with E-state index in [4.69, 9.17) is 14.6 Å². The number of ether oxygens (including phenoxy) is 2. The zero-order valence-electron chi connectivity index (χ0n) is 14.1. The van der Waals surface area contributed by atoms with Crippen LogP contribution in [0.2, 0.25) is 0 Å². The van der Waals surface area contributed by atoms with E-state index in [0.717, 1.165) is 20.8 Å². The number of nitrogens with zero attached hydrogens (tertiary/aromatic N) is 1. The Morgan fingerprint density at radius 3 is 2.80 bits per heavy atom. The predicted octanol–water partition coefficient (Wildman–Crippen LogP) is 4.49. The topological polar surface area (TPSA) is 68.7 Å². The molecule has 2 rings (SSSR count). The van der Waals surface area contributed by atoms with Gasteiger partial charge in [0.2, 0.25) is 0 Å². The van der Waals surface area contributed by atoms with Crippen molar-refractivity contribution in [1.82, 2.24) is 4.98 Å². The van der Waals surface area contributed by atoms with Gasteiger partial charge in [-0.15, -0.1) is 11.8 Å². The van der Waals surface area contributed by atoms with Crippen LogP contribution < -0.4 is 4.74 Å². The van der Waals surface area contributed by atoms with Crippen molar-refractivity contribution in [3.63, 3.8) is 0 Å². The Morgan fingerprint density at radius 1 is 1.36 bits per heavy atom. The molecule has 0 amide bonds. The summed E-state index contributed by atoms with van der Waals surface area (Å²) in [4.78, 5) is 16.2. The molecule has 1 atom stereocenters. The van der Waals surface area contributed by atoms with E-state index in [2.05, 4.69) is 20.9 Å². The molecule has 0 aliphatic heterocycles. The van der Waals surface area contributed by atoms with Crippen molar-refractivity contribution in [3.05, 3.63) is 52.3 Å². The molecule has 0 spiro atoms. The van der Waals surface area contributed by atoms with Crippen LogP contribution in [0.15, 0.2) is 45.9 Å². The van der Waals surface area contributed by atoms with E-state index < -0.39 is 5.97 Å². The molecule has 0 radical (unpaired) electrons. The van der Waals surface area contributed by atoms with Crippen molar-refractivity contribution < 1.29 is 19.4 Å². The number of carboxylic acids is 1. The molecule has 5 nitrogen and oxygen atoms in total. The van der Waals surface area contributed by atoms with Crippen LogP contribution in [-0.4, -0.2) is 35.9 Å². The number of thioether (sulfide) groups is 1. The molecule has 0 saturated heterocycles. The van der Waals surface area contributed by atoms with Gasteiger partial charge in [-0.05, 0) is 65.7 Å². The van der Waals surface area contributed by atoms with E-state index in [9.17, 15) is 4.79 Å². The standard InChI is InChI=1S/C18H20BrNO4S/c1-3-23-10-16(14-5-4-6-17(19)20-14)25-13-7-8-15(12(2)9-13)24-11-18(21)22/h4-9,16H,3,10-11H2,1-2H3,(H,21,22). The summed E-state index contributed by atoms with van der Waals surface area (Å²) >= 11 is 5.07. The van der Waals surface area contributed by atoms with Crippen LogP contribution in [0.1, 0.15) is 23.4 Å². The molecule has 25 heavy (non-hydrogen) atoms. The summed E-state index contributed by atoms with van der Waals surface area (Å²) in [7, 11) is 0. The lowest BCUT2D eigenvalue weighted by Crippen LogP contribution is -2.10. The fourth-order valence-corrected chi connectivity index (χ4v) is 3.66. The van der Waals surface area contributed by atoms with Gasteiger partial charge in [0.1, 0.15) is 10.4 Å². The maximum absolute atomic E-state index is 10.6. The molecule has 0 bridgehead atoms. The van der Waals surface area contributed by atoms with Crippen molar-refractivity contribution in [2.24, 2.45) is 0 Å². The van der Waals surface area contributed by atoms with Gasteiger partial charge in [-0.25, -0.2) is 9.78 Å². The fraction of sp³-hybridized carbons (Fsp3) is 0.333. The highest BCUT2D eigenvalue weighted by Crippen LogP contribution is 2.36. The number of aliphatic carboxylic acids is 1. The normalized spacial score (nSPS) is 12.0. The van der Waals surface area contributed by atoms with Crippen LogP contribution in [0, 0.1) is 6.92 Å². The summed E-state index contributed by atoms with van der Waals surface area (Å²) in [6.45, 7) is 4.72. The molecular formula is C18H20BrNO4S. The third-order valence-electron chi connectivity index (χ3n) is 3.32. The van der Waals surface area contributed by atoms with Gasteiger partial charge in [0.15, 0.2) is 6.61 Å². The number of hydrogen-bond acceptors (Lipinski definition) is 5. The van der Waals surface area contributed by atoms with Crippen molar-refractivity contribution in [2.45, 2.75) is 24.0 Å². The highest BCUT2D eigenvalue weighted by molar-refractivity contribution is 9.10. The molecule has 1 aromatic heterocycles. The maximum Gasteiger partial charge on any atom is 0.341 e. The second kappa shape index (κ2) is 9.79. The third kappa shape index (κ3) is 6.34. The monoisotopic (exact) mass is 425 g/mol. The third-order valence-corrected chi connectivity index (χ3v) is 4.95. The Kier molecular flexibility index (Phi) is 7.74. The van der Waals surface area contributed by atoms with Crippen LogP contribution in [0.4, 0.5) is 0 Å². The van der Waals surface area contributed by atoms with Crippen molar-refractivity contribution in [2.75, 3.05) is 19.8 Å². The van der Waals surface area contributed by atoms with Crippen LogP contribution in [0.25, 0.3) is 0 Å². The minimum Gasteiger partial charge on any atom is -0.482 e. The van der Waals surface area contributed by atoms with E-state index >= 15 is 0 Å². The zero-order chi connectivity index (χ0) is 18.2. The fourth-order valence-electron chi connectivity index (χ4n) is 2.17. The molecule has 0 saturated carbocycles. The number of carboxylic acid groups (broad SMARTS) is 1. The highest BCUT2D eigenvalue weighted by atomic mass is 79.9. The molecule has 1 heterocycles. The largest absolute Gasteiger partial charge is 0.482 e. The van der Waals surface area contributed by atoms with Crippen LogP contribution in [0.3, 0.4) is 0 Å². The number of rotatable bonds is 9. The molecule has 2 aromatic rings. The molecule has 1 aromatic carbocycles. The zero-order valence-corrected chi connectivity index (χ0v) is 16.5. The van der Waals surface area contributed by atoms with E-state index in [1.807, 2.05) is 44.2 Å². The maximum atomic E-state index is 10.6. The minimum absolute atomic E-state index is 0.0580. The van der Waals surface area contributed by atoms with E-state index in [1.165, 1.54) is 0 Å². The van der Waals surface area contributed by atoms with Gasteiger partial charge in [0.05, 0.1) is 17.6 Å². The second-order valence-corrected chi connectivity index (χ2v) is 7.35. The van der Waals surface area contributed by atoms with Gasteiger partial charge in [0, 0.05) is 11.5 Å². The molecule has 7 heteroatoms. The first-order chi connectivity index (χ1) is 12.0. The Hall–Kier alpha value is -1.57. The van der Waals surface area contributed by atoms with Gasteiger partial charge in [-0.1, -0.05) is 6.07 Å². The van der Waals surface area contributed by atoms with Crippen LogP contribution >= 0.6 is 27.7 Å². The molecule has 134 valence electrons. The van der Waals surface area contributed by atoms with Crippen molar-refractivity contribution >= 4 is 33.7 Å². The highest BCUT2D eigenvalue weighted by Gasteiger charge is 2.16. The smallest absolute Gasteiger partial charge is 0.341 e. The summed E-state index contributed by atoms with van der Waals surface area (Å²) in [5, 5.41) is 8.77. The number of hydrogen-bond donors (Lipinski definition) is 1. The van der Waals surface area contributed by atoms with Crippen molar-refractivity contribution in [1.29, 1.82) is 0 Å². The van der Waals surface area contributed by atoms with E-state index in [-0.39, 0.29) is 11.9 Å². The first kappa shape index (κ1) is 19.8. The Bertz CT molecular complexity index is 726. The van der Waals surface area contributed by atoms with Gasteiger partial charge in [-0.3, -0.25) is 0 Å². The SMILES string of the molecule is CCOCC(Sc1ccc(OCC(=O)O)c(C)c1)c1cccc(Br)n1. The lowest BCUT2D eigenvalue weighted by molar-refractivity contribution is -0.139. The summed E-state index contributed by atoms with van der Waals surface area (Å²) in [5.74, 6) is -0.413. The van der Waals surface area contributed by atoms with Gasteiger partial charge in [-0.2, -0.15) is 0 Å². The van der Waals surface area contributed by atoms with Crippen molar-refractivity contribution in [3.8, 4) is 5.75 Å². The van der Waals surface area contributed by atoms with E-state index in [1.54, 1.807) is 17.8 Å². The predicted molar refractivity (Wildman–Crippen MR) is 101 cm³/mol. The number of aromatic nitrogens is 1. The molecule has 1 unspecified atom stereocenters.